The third-order valence-electron chi connectivity index (χ3n) is 6.60. The van der Waals surface area contributed by atoms with Crippen molar-refractivity contribution in [2.24, 2.45) is 5.73 Å². The summed E-state index contributed by atoms with van der Waals surface area (Å²) >= 11 is 5.91. The maximum Gasteiger partial charge on any atom is 0.433 e. The highest BCUT2D eigenvalue weighted by Gasteiger charge is 2.34. The minimum absolute atomic E-state index is 0.0559. The first-order valence-corrected chi connectivity index (χ1v) is 13.7. The van der Waals surface area contributed by atoms with E-state index < -0.39 is 48.3 Å². The second-order valence-corrected chi connectivity index (χ2v) is 10.2. The lowest BCUT2D eigenvalue weighted by Gasteiger charge is -2.33. The number of ether oxygens (including phenoxy) is 1. The first kappa shape index (κ1) is 31.6. The van der Waals surface area contributed by atoms with Gasteiger partial charge in [0, 0.05) is 61.4 Å². The number of hydrogen-bond acceptors (Lipinski definition) is 8. The number of carbonyl (C=O) groups is 3. The van der Waals surface area contributed by atoms with Crippen LogP contribution in [0, 0.1) is 0 Å². The highest BCUT2D eigenvalue weighted by Crippen LogP contribution is 2.29. The van der Waals surface area contributed by atoms with Crippen molar-refractivity contribution in [3.63, 3.8) is 0 Å². The maximum atomic E-state index is 13.3. The van der Waals surface area contributed by atoms with Gasteiger partial charge in [-0.05, 0) is 35.9 Å². The number of likely N-dealkylation sites (tertiary alicyclic amines) is 1. The van der Waals surface area contributed by atoms with E-state index in [4.69, 9.17) is 22.1 Å². The fourth-order valence-electron chi connectivity index (χ4n) is 4.32. The average molecular weight is 617 g/mol. The Morgan fingerprint density at radius 3 is 2.47 bits per heavy atom. The van der Waals surface area contributed by atoms with Crippen LogP contribution in [0.15, 0.2) is 67.1 Å². The quantitative estimate of drug-likeness (QED) is 0.361. The molecule has 3 amide bonds. The van der Waals surface area contributed by atoms with Crippen molar-refractivity contribution in [2.45, 2.75) is 37.6 Å². The van der Waals surface area contributed by atoms with Gasteiger partial charge in [-0.15, -0.1) is 0 Å². The summed E-state index contributed by atoms with van der Waals surface area (Å²) in [5.41, 5.74) is 6.23. The van der Waals surface area contributed by atoms with Crippen LogP contribution in [-0.2, 0) is 27.0 Å². The number of nitrogens with zero attached hydrogens (tertiary/aromatic N) is 5. The van der Waals surface area contributed by atoms with Gasteiger partial charge in [0.15, 0.2) is 5.69 Å². The second-order valence-electron chi connectivity index (χ2n) is 9.72. The standard InChI is InChI=1S/C29H28ClF3N6O4/c30-20-7-4-19(5-8-20)6-9-26(40)39(28(42)23(34)15-21-3-1-2-12-35-21)17-27(41)38-13-10-22(11-14-38)43-25-16-24(29(31,32)33)36-18-37-25/h1-9,12,16,18,22-23H,10-11,13-15,17,34H2/b9-6+/t23-/m0/s1. The Hall–Kier alpha value is -4.36. The molecule has 3 aromatic rings. The smallest absolute Gasteiger partial charge is 0.433 e. The molecule has 14 heteroatoms. The number of benzene rings is 1. The van der Waals surface area contributed by atoms with Crippen LogP contribution >= 0.6 is 11.6 Å². The van der Waals surface area contributed by atoms with Crippen LogP contribution in [0.2, 0.25) is 5.02 Å². The minimum Gasteiger partial charge on any atom is -0.474 e. The maximum absolute atomic E-state index is 13.3. The van der Waals surface area contributed by atoms with Crippen molar-refractivity contribution in [3.05, 3.63) is 89.1 Å². The molecule has 1 aliphatic heterocycles. The molecule has 0 spiro atoms. The number of pyridine rings is 1. The van der Waals surface area contributed by atoms with E-state index in [1.54, 1.807) is 48.7 Å². The first-order chi connectivity index (χ1) is 20.5. The number of piperidine rings is 1. The summed E-state index contributed by atoms with van der Waals surface area (Å²) in [4.78, 5) is 53.2. The lowest BCUT2D eigenvalue weighted by molar-refractivity contribution is -0.149. The molecule has 0 radical (unpaired) electrons. The number of rotatable bonds is 9. The van der Waals surface area contributed by atoms with Gasteiger partial charge < -0.3 is 15.4 Å². The number of imide groups is 1. The summed E-state index contributed by atoms with van der Waals surface area (Å²) in [6, 6.07) is 11.4. The number of alkyl halides is 3. The fraction of sp³-hybridized carbons (Fsp3) is 0.310. The molecule has 0 bridgehead atoms. The van der Waals surface area contributed by atoms with E-state index in [1.165, 1.54) is 17.1 Å². The summed E-state index contributed by atoms with van der Waals surface area (Å²) in [6.07, 6.45) is 0.534. The van der Waals surface area contributed by atoms with E-state index in [0.29, 0.717) is 29.1 Å². The Kier molecular flexibility index (Phi) is 10.4. The summed E-state index contributed by atoms with van der Waals surface area (Å²) in [7, 11) is 0. The second kappa shape index (κ2) is 14.2. The third-order valence-corrected chi connectivity index (χ3v) is 6.85. The van der Waals surface area contributed by atoms with Crippen LogP contribution in [0.4, 0.5) is 13.2 Å². The molecule has 1 aromatic carbocycles. The Morgan fingerprint density at radius 1 is 1.09 bits per heavy atom. The normalized spacial score (nSPS) is 14.9. The van der Waals surface area contributed by atoms with Crippen LogP contribution in [0.3, 0.4) is 0 Å². The number of aromatic nitrogens is 3. The molecule has 10 nitrogen and oxygen atoms in total. The lowest BCUT2D eigenvalue weighted by Crippen LogP contribution is -2.52. The summed E-state index contributed by atoms with van der Waals surface area (Å²) in [6.45, 7) is -0.167. The average Bonchev–Trinajstić information content (AvgIpc) is 2.99. The van der Waals surface area contributed by atoms with Crippen molar-refractivity contribution < 1.29 is 32.3 Å². The van der Waals surface area contributed by atoms with Gasteiger partial charge in [0.25, 0.3) is 5.91 Å². The number of nitrogens with two attached hydrogens (primary N) is 1. The molecular weight excluding hydrogens is 589 g/mol. The molecule has 2 N–H and O–H groups in total. The van der Waals surface area contributed by atoms with Crippen LogP contribution in [0.1, 0.15) is 29.8 Å². The predicted molar refractivity (Wildman–Crippen MR) is 150 cm³/mol. The monoisotopic (exact) mass is 616 g/mol. The van der Waals surface area contributed by atoms with Crippen LogP contribution < -0.4 is 10.5 Å². The highest BCUT2D eigenvalue weighted by molar-refractivity contribution is 6.30. The van der Waals surface area contributed by atoms with E-state index in [2.05, 4.69) is 15.0 Å². The molecule has 226 valence electrons. The molecule has 1 atom stereocenters. The summed E-state index contributed by atoms with van der Waals surface area (Å²) < 4.78 is 44.5. The van der Waals surface area contributed by atoms with Crippen molar-refractivity contribution in [1.29, 1.82) is 0 Å². The first-order valence-electron chi connectivity index (χ1n) is 13.3. The molecule has 3 heterocycles. The van der Waals surface area contributed by atoms with Crippen LogP contribution in [-0.4, -0.2) is 74.3 Å². The molecule has 1 fully saturated rings. The van der Waals surface area contributed by atoms with E-state index in [1.807, 2.05) is 0 Å². The highest BCUT2D eigenvalue weighted by atomic mass is 35.5. The van der Waals surface area contributed by atoms with Gasteiger partial charge in [0.2, 0.25) is 17.7 Å². The number of halogens is 4. The number of carbonyl (C=O) groups excluding carboxylic acids is 3. The van der Waals surface area contributed by atoms with Gasteiger partial charge in [-0.2, -0.15) is 13.2 Å². The van der Waals surface area contributed by atoms with E-state index in [-0.39, 0.29) is 25.4 Å². The zero-order valence-electron chi connectivity index (χ0n) is 22.8. The van der Waals surface area contributed by atoms with Gasteiger partial charge in [-0.3, -0.25) is 24.3 Å². The predicted octanol–water partition coefficient (Wildman–Crippen LogP) is 3.55. The van der Waals surface area contributed by atoms with Gasteiger partial charge in [0.05, 0.1) is 6.04 Å². The fourth-order valence-corrected chi connectivity index (χ4v) is 4.44. The van der Waals surface area contributed by atoms with Crippen LogP contribution in [0.25, 0.3) is 6.08 Å². The minimum atomic E-state index is -4.64. The molecule has 0 aliphatic carbocycles. The van der Waals surface area contributed by atoms with E-state index >= 15 is 0 Å². The van der Waals surface area contributed by atoms with Crippen LogP contribution in [0.5, 0.6) is 5.88 Å². The lowest BCUT2D eigenvalue weighted by atomic mass is 10.1. The van der Waals surface area contributed by atoms with Crippen molar-refractivity contribution in [2.75, 3.05) is 19.6 Å². The number of amides is 3. The molecule has 43 heavy (non-hydrogen) atoms. The van der Waals surface area contributed by atoms with Gasteiger partial charge in [-0.1, -0.05) is 29.8 Å². The Morgan fingerprint density at radius 2 is 1.81 bits per heavy atom. The van der Waals surface area contributed by atoms with Gasteiger partial charge in [0.1, 0.15) is 19.0 Å². The molecule has 2 aromatic heterocycles. The van der Waals surface area contributed by atoms with E-state index in [9.17, 15) is 27.6 Å². The van der Waals surface area contributed by atoms with Crippen molar-refractivity contribution in [1.82, 2.24) is 24.8 Å². The zero-order chi connectivity index (χ0) is 31.0. The SMILES string of the molecule is N[C@@H](Cc1ccccn1)C(=O)N(CC(=O)N1CCC(Oc2cc(C(F)(F)F)ncn2)CC1)C(=O)/C=C/c1ccc(Cl)cc1. The topological polar surface area (TPSA) is 132 Å². The number of hydrogen-bond donors (Lipinski definition) is 1. The molecule has 1 aliphatic rings. The summed E-state index contributed by atoms with van der Waals surface area (Å²) in [5, 5.41) is 0.517. The largest absolute Gasteiger partial charge is 0.474 e. The van der Waals surface area contributed by atoms with Crippen molar-refractivity contribution >= 4 is 35.4 Å². The molecular formula is C29H28ClF3N6O4. The Labute approximate surface area is 250 Å². The van der Waals surface area contributed by atoms with Gasteiger partial charge >= 0.3 is 6.18 Å². The molecule has 0 unspecified atom stereocenters. The van der Waals surface area contributed by atoms with E-state index in [0.717, 1.165) is 17.3 Å². The van der Waals surface area contributed by atoms with Crippen molar-refractivity contribution in [3.8, 4) is 5.88 Å². The Balaban J connectivity index is 1.41. The zero-order valence-corrected chi connectivity index (χ0v) is 23.5. The summed E-state index contributed by atoms with van der Waals surface area (Å²) in [5.74, 6) is -2.19. The molecule has 0 saturated carbocycles. The Bertz CT molecular complexity index is 1450. The third kappa shape index (κ3) is 9.06. The molecule has 4 rings (SSSR count). The van der Waals surface area contributed by atoms with Gasteiger partial charge in [-0.25, -0.2) is 9.97 Å². The molecule has 1 saturated heterocycles.